The molecule has 1 aromatic carbocycles. The van der Waals surface area contributed by atoms with Gasteiger partial charge in [0.1, 0.15) is 5.60 Å². The molecule has 0 unspecified atom stereocenters. The van der Waals surface area contributed by atoms with Crippen molar-refractivity contribution < 1.29 is 5.11 Å². The third-order valence-corrected chi connectivity index (χ3v) is 3.71. The van der Waals surface area contributed by atoms with Crippen LogP contribution in [0.3, 0.4) is 0 Å². The number of aromatic amines is 1. The Hall–Kier alpha value is -1.28. The molecule has 0 spiro atoms. The fourth-order valence-corrected chi connectivity index (χ4v) is 2.73. The largest absolute Gasteiger partial charge is 0.384 e. The molecule has 1 fully saturated rings. The summed E-state index contributed by atoms with van der Waals surface area (Å²) in [5.74, 6) is 0. The summed E-state index contributed by atoms with van der Waals surface area (Å²) in [5, 5.41) is 11.8. The minimum absolute atomic E-state index is 0.614. The lowest BCUT2D eigenvalue weighted by Crippen LogP contribution is -2.28. The first-order valence-corrected chi connectivity index (χ1v) is 6.09. The quantitative estimate of drug-likeness (QED) is 0.752. The van der Waals surface area contributed by atoms with Crippen molar-refractivity contribution in [3.63, 3.8) is 0 Å². The van der Waals surface area contributed by atoms with Crippen LogP contribution in [0.2, 0.25) is 0 Å². The molecule has 2 nitrogen and oxygen atoms in total. The maximum Gasteiger partial charge on any atom is 0.104 e. The summed E-state index contributed by atoms with van der Waals surface area (Å²) in [6.45, 7) is 0. The minimum Gasteiger partial charge on any atom is -0.384 e. The van der Waals surface area contributed by atoms with Gasteiger partial charge in [0.15, 0.2) is 0 Å². The van der Waals surface area contributed by atoms with E-state index in [-0.39, 0.29) is 0 Å². The highest BCUT2D eigenvalue weighted by atomic mass is 16.3. The standard InChI is InChI=1S/C14H17NO/c16-14(8-4-1-5-9-14)13-10-11-6-2-3-7-12(11)15-13/h2-3,6-7,10,15-16H,1,4-5,8-9H2. The van der Waals surface area contributed by atoms with Crippen molar-refractivity contribution in [3.05, 3.63) is 36.0 Å². The smallest absolute Gasteiger partial charge is 0.104 e. The van der Waals surface area contributed by atoms with Gasteiger partial charge in [-0.3, -0.25) is 0 Å². The summed E-state index contributed by atoms with van der Waals surface area (Å²) in [6.07, 6.45) is 5.29. The molecular formula is C14H17NO. The van der Waals surface area contributed by atoms with Gasteiger partial charge in [-0.15, -0.1) is 0 Å². The number of rotatable bonds is 1. The number of hydrogen-bond donors (Lipinski definition) is 2. The molecule has 0 radical (unpaired) electrons. The highest BCUT2D eigenvalue weighted by Crippen LogP contribution is 2.37. The van der Waals surface area contributed by atoms with Crippen molar-refractivity contribution >= 4 is 10.9 Å². The molecule has 84 valence electrons. The topological polar surface area (TPSA) is 36.0 Å². The zero-order chi connectivity index (χ0) is 11.0. The third-order valence-electron chi connectivity index (χ3n) is 3.71. The van der Waals surface area contributed by atoms with Gasteiger partial charge in [0.05, 0.1) is 0 Å². The molecule has 0 saturated heterocycles. The molecule has 0 atom stereocenters. The van der Waals surface area contributed by atoms with Gasteiger partial charge in [0.25, 0.3) is 0 Å². The van der Waals surface area contributed by atoms with E-state index < -0.39 is 5.60 Å². The van der Waals surface area contributed by atoms with Crippen LogP contribution < -0.4 is 0 Å². The van der Waals surface area contributed by atoms with Gasteiger partial charge >= 0.3 is 0 Å². The summed E-state index contributed by atoms with van der Waals surface area (Å²) in [4.78, 5) is 3.36. The van der Waals surface area contributed by atoms with Crippen LogP contribution in [0.25, 0.3) is 10.9 Å². The van der Waals surface area contributed by atoms with Gasteiger partial charge in [-0.1, -0.05) is 37.5 Å². The molecule has 2 heteroatoms. The lowest BCUT2D eigenvalue weighted by atomic mass is 9.82. The number of fused-ring (bicyclic) bond motifs is 1. The molecule has 3 rings (SSSR count). The summed E-state index contributed by atoms with van der Waals surface area (Å²) in [7, 11) is 0. The molecule has 0 bridgehead atoms. The number of H-pyrrole nitrogens is 1. The van der Waals surface area contributed by atoms with Crippen LogP contribution in [0.5, 0.6) is 0 Å². The van der Waals surface area contributed by atoms with Crippen LogP contribution in [0.15, 0.2) is 30.3 Å². The van der Waals surface area contributed by atoms with E-state index in [2.05, 4.69) is 23.2 Å². The molecule has 2 aromatic rings. The van der Waals surface area contributed by atoms with E-state index >= 15 is 0 Å². The first kappa shape index (κ1) is 9.91. The van der Waals surface area contributed by atoms with Crippen LogP contribution in [0.1, 0.15) is 37.8 Å². The third kappa shape index (κ3) is 1.54. The highest BCUT2D eigenvalue weighted by molar-refractivity contribution is 5.80. The van der Waals surface area contributed by atoms with Gasteiger partial charge in [-0.2, -0.15) is 0 Å². The molecule has 0 aliphatic heterocycles. The zero-order valence-corrected chi connectivity index (χ0v) is 9.37. The van der Waals surface area contributed by atoms with Crippen molar-refractivity contribution in [1.82, 2.24) is 4.98 Å². The van der Waals surface area contributed by atoms with Crippen LogP contribution in [0.4, 0.5) is 0 Å². The van der Waals surface area contributed by atoms with Crippen LogP contribution in [0, 0.1) is 0 Å². The maximum atomic E-state index is 10.6. The number of para-hydroxylation sites is 1. The maximum absolute atomic E-state index is 10.6. The van der Waals surface area contributed by atoms with E-state index in [1.54, 1.807) is 0 Å². The van der Waals surface area contributed by atoms with E-state index in [0.717, 1.165) is 36.9 Å². The van der Waals surface area contributed by atoms with E-state index in [0.29, 0.717) is 0 Å². The summed E-state index contributed by atoms with van der Waals surface area (Å²) in [6, 6.07) is 10.3. The number of benzene rings is 1. The summed E-state index contributed by atoms with van der Waals surface area (Å²) < 4.78 is 0. The fraction of sp³-hybridized carbons (Fsp3) is 0.429. The van der Waals surface area contributed by atoms with Gasteiger partial charge in [-0.25, -0.2) is 0 Å². The molecule has 1 aromatic heterocycles. The summed E-state index contributed by atoms with van der Waals surface area (Å²) in [5.41, 5.74) is 1.50. The second-order valence-electron chi connectivity index (χ2n) is 4.86. The second kappa shape index (κ2) is 3.63. The molecule has 1 aliphatic carbocycles. The first-order chi connectivity index (χ1) is 7.78. The monoisotopic (exact) mass is 215 g/mol. The van der Waals surface area contributed by atoms with Gasteiger partial charge < -0.3 is 10.1 Å². The van der Waals surface area contributed by atoms with Gasteiger partial charge in [0.2, 0.25) is 0 Å². The van der Waals surface area contributed by atoms with Crippen LogP contribution in [-0.2, 0) is 5.60 Å². The first-order valence-electron chi connectivity index (χ1n) is 6.09. The Bertz CT molecular complexity index is 461. The Morgan fingerprint density at radius 3 is 2.56 bits per heavy atom. The van der Waals surface area contributed by atoms with E-state index in [9.17, 15) is 5.11 Å². The predicted molar refractivity (Wildman–Crippen MR) is 65.3 cm³/mol. The lowest BCUT2D eigenvalue weighted by Gasteiger charge is -2.31. The Balaban J connectivity index is 2.04. The highest BCUT2D eigenvalue weighted by Gasteiger charge is 2.32. The zero-order valence-electron chi connectivity index (χ0n) is 9.37. The Morgan fingerprint density at radius 2 is 1.81 bits per heavy atom. The van der Waals surface area contributed by atoms with Crippen molar-refractivity contribution in [1.29, 1.82) is 0 Å². The number of aromatic nitrogens is 1. The Morgan fingerprint density at radius 1 is 1.06 bits per heavy atom. The second-order valence-corrected chi connectivity index (χ2v) is 4.86. The number of hydrogen-bond acceptors (Lipinski definition) is 1. The van der Waals surface area contributed by atoms with Crippen molar-refractivity contribution in [3.8, 4) is 0 Å². The van der Waals surface area contributed by atoms with E-state index in [1.807, 2.05) is 12.1 Å². The summed E-state index contributed by atoms with van der Waals surface area (Å²) >= 11 is 0. The molecule has 1 saturated carbocycles. The molecular weight excluding hydrogens is 198 g/mol. The minimum atomic E-state index is -0.614. The molecule has 0 amide bonds. The predicted octanol–water partition coefficient (Wildman–Crippen LogP) is 3.32. The average molecular weight is 215 g/mol. The fourth-order valence-electron chi connectivity index (χ4n) is 2.73. The number of nitrogens with one attached hydrogen (secondary N) is 1. The van der Waals surface area contributed by atoms with Crippen molar-refractivity contribution in [2.75, 3.05) is 0 Å². The Labute approximate surface area is 95.3 Å². The molecule has 16 heavy (non-hydrogen) atoms. The van der Waals surface area contributed by atoms with E-state index in [1.165, 1.54) is 11.8 Å². The van der Waals surface area contributed by atoms with E-state index in [4.69, 9.17) is 0 Å². The average Bonchev–Trinajstić information content (AvgIpc) is 2.74. The van der Waals surface area contributed by atoms with Crippen molar-refractivity contribution in [2.24, 2.45) is 0 Å². The normalized spacial score (nSPS) is 20.1. The molecule has 1 heterocycles. The molecule has 1 aliphatic rings. The lowest BCUT2D eigenvalue weighted by molar-refractivity contribution is -0.00397. The van der Waals surface area contributed by atoms with Gasteiger partial charge in [-0.05, 0) is 30.4 Å². The van der Waals surface area contributed by atoms with Crippen LogP contribution >= 0.6 is 0 Å². The SMILES string of the molecule is OC1(c2cc3ccccc3[nH]2)CCCCC1. The molecule has 2 N–H and O–H groups in total. The van der Waals surface area contributed by atoms with Crippen molar-refractivity contribution in [2.45, 2.75) is 37.7 Å². The number of aliphatic hydroxyl groups is 1. The van der Waals surface area contributed by atoms with Crippen LogP contribution in [-0.4, -0.2) is 10.1 Å². The Kier molecular flexibility index (Phi) is 2.25. The van der Waals surface area contributed by atoms with Gasteiger partial charge in [0, 0.05) is 11.2 Å².